The summed E-state index contributed by atoms with van der Waals surface area (Å²) in [6, 6.07) is 3.73. The summed E-state index contributed by atoms with van der Waals surface area (Å²) in [4.78, 5) is 11.7. The van der Waals surface area contributed by atoms with Crippen molar-refractivity contribution < 1.29 is 13.9 Å². The number of anilines is 1. The summed E-state index contributed by atoms with van der Waals surface area (Å²) < 4.78 is 19.8. The van der Waals surface area contributed by atoms with Crippen LogP contribution in [0.5, 0.6) is 0 Å². The van der Waals surface area contributed by atoms with Crippen LogP contribution >= 0.6 is 0 Å². The standard InChI is InChI=1S/C13H14FN3O2/c1-2-17-7-9(6-16-17)8-19-13(18)10-3-4-11(14)12(15)5-10/h3-7H,2,8,15H2,1H3. The largest absolute Gasteiger partial charge is 0.457 e. The fraction of sp³-hybridized carbons (Fsp3) is 0.231. The van der Waals surface area contributed by atoms with Crippen LogP contribution in [0.4, 0.5) is 10.1 Å². The van der Waals surface area contributed by atoms with Gasteiger partial charge in [-0.15, -0.1) is 0 Å². The number of benzene rings is 1. The van der Waals surface area contributed by atoms with Gasteiger partial charge in [0.15, 0.2) is 0 Å². The van der Waals surface area contributed by atoms with Crippen molar-refractivity contribution in [3.63, 3.8) is 0 Å². The second-order valence-corrected chi connectivity index (χ2v) is 4.02. The molecule has 0 fully saturated rings. The molecule has 0 unspecified atom stereocenters. The van der Waals surface area contributed by atoms with Crippen molar-refractivity contribution in [2.45, 2.75) is 20.1 Å². The molecule has 0 aliphatic rings. The zero-order valence-corrected chi connectivity index (χ0v) is 10.5. The number of aromatic nitrogens is 2. The van der Waals surface area contributed by atoms with Crippen LogP contribution < -0.4 is 5.73 Å². The minimum atomic E-state index is -0.555. The predicted molar refractivity (Wildman–Crippen MR) is 67.8 cm³/mol. The van der Waals surface area contributed by atoms with Crippen molar-refractivity contribution in [2.24, 2.45) is 0 Å². The van der Waals surface area contributed by atoms with E-state index in [-0.39, 0.29) is 17.9 Å². The highest BCUT2D eigenvalue weighted by atomic mass is 19.1. The van der Waals surface area contributed by atoms with E-state index in [1.807, 2.05) is 6.92 Å². The quantitative estimate of drug-likeness (QED) is 0.676. The molecule has 0 amide bonds. The van der Waals surface area contributed by atoms with Gasteiger partial charge in [0.25, 0.3) is 0 Å². The lowest BCUT2D eigenvalue weighted by Crippen LogP contribution is -2.06. The fourth-order valence-corrected chi connectivity index (χ4v) is 1.56. The van der Waals surface area contributed by atoms with E-state index in [9.17, 15) is 9.18 Å². The van der Waals surface area contributed by atoms with Gasteiger partial charge < -0.3 is 10.5 Å². The van der Waals surface area contributed by atoms with E-state index in [1.54, 1.807) is 17.1 Å². The topological polar surface area (TPSA) is 70.1 Å². The average Bonchev–Trinajstić information content (AvgIpc) is 2.87. The van der Waals surface area contributed by atoms with Crippen LogP contribution in [-0.4, -0.2) is 15.7 Å². The maximum absolute atomic E-state index is 13.0. The molecule has 0 atom stereocenters. The summed E-state index contributed by atoms with van der Waals surface area (Å²) in [5.74, 6) is -1.10. The maximum atomic E-state index is 13.0. The number of hydrogen-bond acceptors (Lipinski definition) is 4. The fourth-order valence-electron chi connectivity index (χ4n) is 1.56. The zero-order chi connectivity index (χ0) is 13.8. The van der Waals surface area contributed by atoms with Gasteiger partial charge in [0.1, 0.15) is 12.4 Å². The molecule has 100 valence electrons. The molecule has 2 rings (SSSR count). The van der Waals surface area contributed by atoms with Crippen molar-refractivity contribution in [1.82, 2.24) is 9.78 Å². The number of rotatable bonds is 4. The van der Waals surface area contributed by atoms with Crippen LogP contribution in [-0.2, 0) is 17.9 Å². The van der Waals surface area contributed by atoms with Gasteiger partial charge in [-0.1, -0.05) is 0 Å². The average molecular weight is 263 g/mol. The molecule has 0 saturated heterocycles. The van der Waals surface area contributed by atoms with Crippen molar-refractivity contribution in [1.29, 1.82) is 0 Å². The maximum Gasteiger partial charge on any atom is 0.338 e. The molecule has 19 heavy (non-hydrogen) atoms. The number of esters is 1. The second kappa shape index (κ2) is 5.51. The lowest BCUT2D eigenvalue weighted by Gasteiger charge is -2.04. The molecule has 0 radical (unpaired) electrons. The van der Waals surface area contributed by atoms with Gasteiger partial charge in [-0.05, 0) is 25.1 Å². The summed E-state index contributed by atoms with van der Waals surface area (Å²) in [7, 11) is 0. The minimum Gasteiger partial charge on any atom is -0.457 e. The number of ether oxygens (including phenoxy) is 1. The summed E-state index contributed by atoms with van der Waals surface area (Å²) >= 11 is 0. The van der Waals surface area contributed by atoms with Gasteiger partial charge in [0.05, 0.1) is 17.4 Å². The Kier molecular flexibility index (Phi) is 3.79. The van der Waals surface area contributed by atoms with Gasteiger partial charge in [-0.2, -0.15) is 5.10 Å². The van der Waals surface area contributed by atoms with Crippen LogP contribution in [0, 0.1) is 5.82 Å². The van der Waals surface area contributed by atoms with Crippen molar-refractivity contribution in [3.8, 4) is 0 Å². The smallest absolute Gasteiger partial charge is 0.338 e. The Morgan fingerprint density at radius 2 is 2.32 bits per heavy atom. The first-order chi connectivity index (χ1) is 9.10. The molecule has 2 N–H and O–H groups in total. The highest BCUT2D eigenvalue weighted by Gasteiger charge is 2.10. The number of carbonyl (C=O) groups excluding carboxylic acids is 1. The number of halogens is 1. The normalized spacial score (nSPS) is 10.4. The monoisotopic (exact) mass is 263 g/mol. The molecule has 0 bridgehead atoms. The summed E-state index contributed by atoms with van der Waals surface area (Å²) in [6.07, 6.45) is 3.43. The van der Waals surface area contributed by atoms with E-state index in [4.69, 9.17) is 10.5 Å². The van der Waals surface area contributed by atoms with E-state index in [0.29, 0.717) is 0 Å². The summed E-state index contributed by atoms with van der Waals surface area (Å²) in [5.41, 5.74) is 6.34. The van der Waals surface area contributed by atoms with Crippen LogP contribution in [0.25, 0.3) is 0 Å². The van der Waals surface area contributed by atoms with Crippen LogP contribution in [0.1, 0.15) is 22.8 Å². The number of nitrogens with zero attached hydrogens (tertiary/aromatic N) is 2. The van der Waals surface area contributed by atoms with E-state index in [1.165, 1.54) is 12.1 Å². The van der Waals surface area contributed by atoms with E-state index in [0.717, 1.165) is 18.2 Å². The van der Waals surface area contributed by atoms with Gasteiger partial charge in [0.2, 0.25) is 0 Å². The minimum absolute atomic E-state index is 0.0757. The first-order valence-corrected chi connectivity index (χ1v) is 5.83. The molecule has 2 aromatic rings. The molecular weight excluding hydrogens is 249 g/mol. The summed E-state index contributed by atoms with van der Waals surface area (Å²) in [5, 5.41) is 4.07. The number of nitrogens with two attached hydrogens (primary N) is 1. The molecule has 0 aliphatic carbocycles. The van der Waals surface area contributed by atoms with Crippen molar-refractivity contribution in [3.05, 3.63) is 47.5 Å². The van der Waals surface area contributed by atoms with Crippen LogP contribution in [0.15, 0.2) is 30.6 Å². The van der Waals surface area contributed by atoms with Crippen LogP contribution in [0.2, 0.25) is 0 Å². The molecule has 0 spiro atoms. The Balaban J connectivity index is 1.99. The molecule has 1 heterocycles. The Morgan fingerprint density at radius 3 is 2.95 bits per heavy atom. The molecule has 1 aromatic carbocycles. The SMILES string of the molecule is CCn1cc(COC(=O)c2ccc(F)c(N)c2)cn1. The van der Waals surface area contributed by atoms with E-state index >= 15 is 0 Å². The van der Waals surface area contributed by atoms with Gasteiger partial charge >= 0.3 is 5.97 Å². The molecular formula is C13H14FN3O2. The highest BCUT2D eigenvalue weighted by Crippen LogP contribution is 2.13. The third kappa shape index (κ3) is 3.09. The van der Waals surface area contributed by atoms with E-state index < -0.39 is 11.8 Å². The third-order valence-corrected chi connectivity index (χ3v) is 2.61. The molecule has 1 aromatic heterocycles. The number of carbonyl (C=O) groups is 1. The Morgan fingerprint density at radius 1 is 1.53 bits per heavy atom. The molecule has 5 nitrogen and oxygen atoms in total. The molecule has 0 saturated carbocycles. The molecule has 6 heteroatoms. The number of aryl methyl sites for hydroxylation is 1. The molecule has 0 aliphatic heterocycles. The lowest BCUT2D eigenvalue weighted by molar-refractivity contribution is 0.0472. The highest BCUT2D eigenvalue weighted by molar-refractivity contribution is 5.90. The first-order valence-electron chi connectivity index (χ1n) is 5.83. The Labute approximate surface area is 109 Å². The van der Waals surface area contributed by atoms with Crippen molar-refractivity contribution in [2.75, 3.05) is 5.73 Å². The Bertz CT molecular complexity index is 595. The number of hydrogen-bond donors (Lipinski definition) is 1. The van der Waals surface area contributed by atoms with Crippen LogP contribution in [0.3, 0.4) is 0 Å². The van der Waals surface area contributed by atoms with E-state index in [2.05, 4.69) is 5.10 Å². The second-order valence-electron chi connectivity index (χ2n) is 4.02. The van der Waals surface area contributed by atoms with Gasteiger partial charge in [0, 0.05) is 18.3 Å². The predicted octanol–water partition coefficient (Wildman–Crippen LogP) is 1.98. The summed E-state index contributed by atoms with van der Waals surface area (Å²) in [6.45, 7) is 2.84. The number of nitrogen functional groups attached to an aromatic ring is 1. The van der Waals surface area contributed by atoms with Gasteiger partial charge in [-0.25, -0.2) is 9.18 Å². The third-order valence-electron chi connectivity index (χ3n) is 2.61. The zero-order valence-electron chi connectivity index (χ0n) is 10.5. The van der Waals surface area contributed by atoms with Crippen molar-refractivity contribution >= 4 is 11.7 Å². The Hall–Kier alpha value is -2.37. The lowest BCUT2D eigenvalue weighted by atomic mass is 10.2. The first kappa shape index (κ1) is 13.1. The van der Waals surface area contributed by atoms with Gasteiger partial charge in [-0.3, -0.25) is 4.68 Å².